The Morgan fingerprint density at radius 2 is 1.20 bits per heavy atom. The second-order valence-corrected chi connectivity index (χ2v) is 15.2. The summed E-state index contributed by atoms with van der Waals surface area (Å²) in [5.41, 5.74) is 6.57. The molecule has 4 rings (SSSR count). The van der Waals surface area contributed by atoms with Crippen LogP contribution >= 0.6 is 0 Å². The van der Waals surface area contributed by atoms with Gasteiger partial charge in [0.25, 0.3) is 0 Å². The number of hydrogen-bond acceptors (Lipinski definition) is 6. The maximum Gasteiger partial charge on any atom is 0.409 e. The van der Waals surface area contributed by atoms with Gasteiger partial charge in [0.15, 0.2) is 17.5 Å². The van der Waals surface area contributed by atoms with E-state index in [1.165, 1.54) is 11.1 Å². The molecule has 7 heteroatoms. The van der Waals surface area contributed by atoms with Gasteiger partial charge in [0, 0.05) is 24.7 Å². The highest BCUT2D eigenvalue weighted by Crippen LogP contribution is 2.35. The summed E-state index contributed by atoms with van der Waals surface area (Å²) in [6, 6.07) is 20.4. The fourth-order valence-electron chi connectivity index (χ4n) is 5.69. The predicted molar refractivity (Wildman–Crippen MR) is 201 cm³/mol. The van der Waals surface area contributed by atoms with Gasteiger partial charge in [-0.05, 0) is 64.5 Å². The van der Waals surface area contributed by atoms with E-state index in [1.54, 1.807) is 18.0 Å². The number of hydrogen-bond donors (Lipinski definition) is 1. The van der Waals surface area contributed by atoms with Crippen LogP contribution in [0.4, 0.5) is 4.79 Å². The molecule has 0 spiro atoms. The fraction of sp³-hybridized carbons (Fsp3) is 0.476. The standard InChI is InChI=1S/C42H56N4O3/c1-10-12-14-15-16-31-26-35(36(47)27-32(31)28-49-40(48)46(9)25-13-11-2)39-44-37(29-17-21-33(22-18-29)41(3,4)5)43-38(45-39)30-19-23-34(24-20-30)42(6,7)8/h17-24,26-27,47H,10-16,25,28H2,1-9H3. The van der Waals surface area contributed by atoms with Crippen molar-refractivity contribution in [1.82, 2.24) is 19.9 Å². The van der Waals surface area contributed by atoms with Crippen molar-refractivity contribution in [3.05, 3.63) is 82.9 Å². The largest absolute Gasteiger partial charge is 0.507 e. The van der Waals surface area contributed by atoms with E-state index in [-0.39, 0.29) is 29.3 Å². The van der Waals surface area contributed by atoms with E-state index >= 15 is 0 Å². The van der Waals surface area contributed by atoms with Gasteiger partial charge in [0.1, 0.15) is 12.4 Å². The zero-order valence-corrected chi connectivity index (χ0v) is 31.2. The molecular formula is C42H56N4O3. The summed E-state index contributed by atoms with van der Waals surface area (Å²) in [6.45, 7) is 18.2. The van der Waals surface area contributed by atoms with Crippen LogP contribution in [-0.2, 0) is 28.6 Å². The van der Waals surface area contributed by atoms with Gasteiger partial charge in [0.2, 0.25) is 0 Å². The summed E-state index contributed by atoms with van der Waals surface area (Å²) in [4.78, 5) is 29.1. The van der Waals surface area contributed by atoms with Gasteiger partial charge in [-0.2, -0.15) is 0 Å². The number of benzene rings is 3. The molecule has 0 fully saturated rings. The molecule has 0 unspecified atom stereocenters. The fourth-order valence-corrected chi connectivity index (χ4v) is 5.69. The Labute approximate surface area is 294 Å². The summed E-state index contributed by atoms with van der Waals surface area (Å²) >= 11 is 0. The lowest BCUT2D eigenvalue weighted by Crippen LogP contribution is -2.28. The molecule has 0 bridgehead atoms. The van der Waals surface area contributed by atoms with Crippen LogP contribution in [-0.4, -0.2) is 44.6 Å². The Kier molecular flexibility index (Phi) is 12.6. The number of unbranched alkanes of at least 4 members (excludes halogenated alkanes) is 4. The molecular weight excluding hydrogens is 608 g/mol. The number of aromatic hydroxyl groups is 1. The summed E-state index contributed by atoms with van der Waals surface area (Å²) in [7, 11) is 1.76. The minimum absolute atomic E-state index is 0.0169. The normalized spacial score (nSPS) is 11.9. The molecule has 0 atom stereocenters. The zero-order valence-electron chi connectivity index (χ0n) is 31.2. The predicted octanol–water partition coefficient (Wildman–Crippen LogP) is 10.7. The molecule has 1 N–H and O–H groups in total. The highest BCUT2D eigenvalue weighted by Gasteiger charge is 2.20. The van der Waals surface area contributed by atoms with Gasteiger partial charge in [-0.3, -0.25) is 0 Å². The first-order valence-electron chi connectivity index (χ1n) is 17.9. The maximum atomic E-state index is 12.7. The molecule has 0 saturated heterocycles. The molecule has 1 heterocycles. The molecule has 0 radical (unpaired) electrons. The first kappa shape index (κ1) is 37.6. The van der Waals surface area contributed by atoms with E-state index in [4.69, 9.17) is 19.7 Å². The third-order valence-electron chi connectivity index (χ3n) is 9.02. The van der Waals surface area contributed by atoms with Gasteiger partial charge in [0.05, 0.1) is 5.56 Å². The first-order valence-corrected chi connectivity index (χ1v) is 17.9. The first-order chi connectivity index (χ1) is 23.2. The minimum Gasteiger partial charge on any atom is -0.507 e. The summed E-state index contributed by atoms with van der Waals surface area (Å²) in [5, 5.41) is 11.5. The highest BCUT2D eigenvalue weighted by molar-refractivity contribution is 5.71. The van der Waals surface area contributed by atoms with Crippen molar-refractivity contribution in [3.8, 4) is 39.9 Å². The van der Waals surface area contributed by atoms with Crippen molar-refractivity contribution in [2.24, 2.45) is 0 Å². The molecule has 3 aromatic carbocycles. The number of rotatable bonds is 13. The molecule has 1 amide bonds. The van der Waals surface area contributed by atoms with Crippen LogP contribution in [0.1, 0.15) is 116 Å². The molecule has 7 nitrogen and oxygen atoms in total. The number of phenolic OH excluding ortho intramolecular Hbond substituents is 1. The van der Waals surface area contributed by atoms with Crippen molar-refractivity contribution in [3.63, 3.8) is 0 Å². The average Bonchev–Trinajstić information content (AvgIpc) is 3.07. The summed E-state index contributed by atoms with van der Waals surface area (Å²) in [6.07, 6.45) is 6.72. The minimum atomic E-state index is -0.365. The zero-order chi connectivity index (χ0) is 35.8. The third kappa shape index (κ3) is 10.1. The molecule has 1 aromatic heterocycles. The molecule has 0 aliphatic rings. The molecule has 49 heavy (non-hydrogen) atoms. The van der Waals surface area contributed by atoms with Crippen LogP contribution in [0.15, 0.2) is 60.7 Å². The number of nitrogens with zero attached hydrogens (tertiary/aromatic N) is 4. The third-order valence-corrected chi connectivity index (χ3v) is 9.02. The van der Waals surface area contributed by atoms with Crippen molar-refractivity contribution in [2.45, 2.75) is 118 Å². The Hall–Kier alpha value is -4.26. The van der Waals surface area contributed by atoms with Crippen molar-refractivity contribution >= 4 is 6.09 Å². The summed E-state index contributed by atoms with van der Waals surface area (Å²) < 4.78 is 5.71. The number of aromatic nitrogens is 3. The topological polar surface area (TPSA) is 88.4 Å². The highest BCUT2D eigenvalue weighted by atomic mass is 16.6. The van der Waals surface area contributed by atoms with Crippen LogP contribution in [0.25, 0.3) is 34.2 Å². The molecule has 0 saturated carbocycles. The van der Waals surface area contributed by atoms with E-state index in [0.717, 1.165) is 67.2 Å². The van der Waals surface area contributed by atoms with Crippen LogP contribution < -0.4 is 0 Å². The van der Waals surface area contributed by atoms with E-state index in [1.807, 2.05) is 6.07 Å². The van der Waals surface area contributed by atoms with Gasteiger partial charge < -0.3 is 14.7 Å². The van der Waals surface area contributed by atoms with Crippen molar-refractivity contribution < 1.29 is 14.6 Å². The van der Waals surface area contributed by atoms with E-state index < -0.39 is 0 Å². The number of carbonyl (C=O) groups is 1. The van der Waals surface area contributed by atoms with E-state index in [0.29, 0.717) is 29.6 Å². The van der Waals surface area contributed by atoms with Crippen LogP contribution in [0.5, 0.6) is 5.75 Å². The van der Waals surface area contributed by atoms with Gasteiger partial charge >= 0.3 is 6.09 Å². The maximum absolute atomic E-state index is 12.7. The number of phenols is 1. The quantitative estimate of drug-likeness (QED) is 0.143. The Balaban J connectivity index is 1.80. The average molecular weight is 665 g/mol. The number of ether oxygens (including phenoxy) is 1. The van der Waals surface area contributed by atoms with Crippen molar-refractivity contribution in [2.75, 3.05) is 13.6 Å². The van der Waals surface area contributed by atoms with Crippen LogP contribution in [0, 0.1) is 0 Å². The molecule has 4 aromatic rings. The Bertz CT molecular complexity index is 1610. The monoisotopic (exact) mass is 664 g/mol. The van der Waals surface area contributed by atoms with Crippen molar-refractivity contribution in [1.29, 1.82) is 0 Å². The van der Waals surface area contributed by atoms with Gasteiger partial charge in [-0.15, -0.1) is 0 Å². The molecule has 262 valence electrons. The number of aryl methyl sites for hydroxylation is 1. The summed E-state index contributed by atoms with van der Waals surface area (Å²) in [5.74, 6) is 1.52. The smallest absolute Gasteiger partial charge is 0.409 e. The SMILES string of the molecule is CCCCCCc1cc(-c2nc(-c3ccc(C(C)(C)C)cc3)nc(-c3ccc(C(C)(C)C)cc3)n2)c(O)cc1COC(=O)N(C)CCCC. The molecule has 0 aliphatic carbocycles. The van der Waals surface area contributed by atoms with E-state index in [9.17, 15) is 9.90 Å². The van der Waals surface area contributed by atoms with Gasteiger partial charge in [-0.1, -0.05) is 130 Å². The van der Waals surface area contributed by atoms with Gasteiger partial charge in [-0.25, -0.2) is 19.7 Å². The lowest BCUT2D eigenvalue weighted by atomic mass is 9.86. The number of carbonyl (C=O) groups excluding carboxylic acids is 1. The Morgan fingerprint density at radius 1 is 0.694 bits per heavy atom. The van der Waals surface area contributed by atoms with Crippen LogP contribution in [0.3, 0.4) is 0 Å². The van der Waals surface area contributed by atoms with E-state index in [2.05, 4.69) is 104 Å². The molecule has 0 aliphatic heterocycles. The number of amides is 1. The lowest BCUT2D eigenvalue weighted by molar-refractivity contribution is 0.104. The lowest BCUT2D eigenvalue weighted by Gasteiger charge is -2.20. The Morgan fingerprint density at radius 3 is 1.69 bits per heavy atom. The second-order valence-electron chi connectivity index (χ2n) is 15.2. The second kappa shape index (κ2) is 16.4. The van der Waals surface area contributed by atoms with Crippen LogP contribution in [0.2, 0.25) is 0 Å².